The second-order valence-electron chi connectivity index (χ2n) is 4.20. The summed E-state index contributed by atoms with van der Waals surface area (Å²) in [6.07, 6.45) is 5.12. The summed E-state index contributed by atoms with van der Waals surface area (Å²) in [6.45, 7) is 4.97. The molecule has 0 radical (unpaired) electrons. The molecule has 2 N–H and O–H groups in total. The van der Waals surface area contributed by atoms with Crippen LogP contribution in [0.2, 0.25) is 0 Å². The van der Waals surface area contributed by atoms with Gasteiger partial charge in [0.25, 0.3) is 0 Å². The Morgan fingerprint density at radius 3 is 3.00 bits per heavy atom. The normalized spacial score (nSPS) is 13.1. The van der Waals surface area contributed by atoms with Crippen molar-refractivity contribution in [3.05, 3.63) is 23.5 Å². The molecule has 0 amide bonds. The van der Waals surface area contributed by atoms with Crippen molar-refractivity contribution in [3.63, 3.8) is 0 Å². The number of fused-ring (bicyclic) bond motifs is 1. The van der Waals surface area contributed by atoms with E-state index in [1.54, 1.807) is 18.4 Å². The largest absolute Gasteiger partial charge is 0.354 e. The number of thiazole rings is 1. The molecule has 19 heavy (non-hydrogen) atoms. The fourth-order valence-corrected chi connectivity index (χ4v) is 2.28. The number of hydrogen-bond acceptors (Lipinski definition) is 3. The number of guanidine groups is 1. The van der Waals surface area contributed by atoms with Crippen molar-refractivity contribution in [2.24, 2.45) is 4.99 Å². The minimum atomic E-state index is 0. The van der Waals surface area contributed by atoms with Crippen LogP contribution in [0.1, 0.15) is 26.0 Å². The maximum Gasteiger partial charge on any atom is 0.193 e. The van der Waals surface area contributed by atoms with Crippen molar-refractivity contribution in [1.29, 1.82) is 0 Å². The molecule has 7 heteroatoms. The van der Waals surface area contributed by atoms with Gasteiger partial charge >= 0.3 is 0 Å². The maximum atomic E-state index is 4.51. The molecule has 2 heterocycles. The Kier molecular flexibility index (Phi) is 6.56. The lowest BCUT2D eigenvalue weighted by molar-refractivity contribution is 0.623. The molecule has 2 aromatic heterocycles. The molecular formula is C12H20IN5S. The molecule has 0 aliphatic carbocycles. The van der Waals surface area contributed by atoms with E-state index in [0.29, 0.717) is 12.6 Å². The lowest BCUT2D eigenvalue weighted by Gasteiger charge is -2.15. The minimum Gasteiger partial charge on any atom is -0.354 e. The number of nitrogens with zero attached hydrogens (tertiary/aromatic N) is 3. The van der Waals surface area contributed by atoms with Gasteiger partial charge in [-0.05, 0) is 13.3 Å². The second-order valence-corrected chi connectivity index (χ2v) is 5.08. The molecular weight excluding hydrogens is 373 g/mol. The van der Waals surface area contributed by atoms with E-state index in [1.165, 1.54) is 0 Å². The van der Waals surface area contributed by atoms with Gasteiger partial charge in [-0.15, -0.1) is 35.3 Å². The Hall–Kier alpha value is -0.830. The van der Waals surface area contributed by atoms with Gasteiger partial charge in [0, 0.05) is 30.9 Å². The van der Waals surface area contributed by atoms with Crippen LogP contribution in [0.4, 0.5) is 0 Å². The van der Waals surface area contributed by atoms with Crippen LogP contribution in [0.5, 0.6) is 0 Å². The predicted octanol–water partition coefficient (Wildman–Crippen LogP) is 2.48. The number of aliphatic imine (C=N–C) groups is 1. The van der Waals surface area contributed by atoms with Gasteiger partial charge in [0.1, 0.15) is 0 Å². The molecule has 0 aliphatic rings. The first-order valence-corrected chi connectivity index (χ1v) is 6.99. The Balaban J connectivity index is 0.00000180. The van der Waals surface area contributed by atoms with Crippen LogP contribution in [0.3, 0.4) is 0 Å². The topological polar surface area (TPSA) is 53.7 Å². The van der Waals surface area contributed by atoms with Gasteiger partial charge in [-0.3, -0.25) is 9.39 Å². The standard InChI is InChI=1S/C12H19N5S.HI/c1-4-9(2)15-11(13-3)14-7-10-8-17-5-6-18-12(17)16-10;/h5-6,8-9H,4,7H2,1-3H3,(H2,13,14,15);1H. The third kappa shape index (κ3) is 4.34. The van der Waals surface area contributed by atoms with E-state index >= 15 is 0 Å². The van der Waals surface area contributed by atoms with Crippen LogP contribution in [-0.4, -0.2) is 28.4 Å². The average Bonchev–Trinajstić information content (AvgIpc) is 2.94. The summed E-state index contributed by atoms with van der Waals surface area (Å²) in [6, 6.07) is 0.418. The third-order valence-electron chi connectivity index (χ3n) is 2.80. The number of nitrogens with one attached hydrogen (secondary N) is 2. The third-order valence-corrected chi connectivity index (χ3v) is 3.57. The van der Waals surface area contributed by atoms with Gasteiger partial charge < -0.3 is 10.6 Å². The van der Waals surface area contributed by atoms with E-state index in [2.05, 4.69) is 34.5 Å². The van der Waals surface area contributed by atoms with Crippen LogP contribution in [-0.2, 0) is 6.54 Å². The second kappa shape index (κ2) is 7.68. The molecule has 0 spiro atoms. The van der Waals surface area contributed by atoms with Crippen molar-refractivity contribution in [2.75, 3.05) is 7.05 Å². The van der Waals surface area contributed by atoms with E-state index in [4.69, 9.17) is 0 Å². The zero-order valence-electron chi connectivity index (χ0n) is 11.4. The Morgan fingerprint density at radius 1 is 1.58 bits per heavy atom. The highest BCUT2D eigenvalue weighted by molar-refractivity contribution is 14.0. The first kappa shape index (κ1) is 16.2. The molecule has 0 saturated carbocycles. The zero-order chi connectivity index (χ0) is 13.0. The van der Waals surface area contributed by atoms with Gasteiger partial charge in [-0.1, -0.05) is 6.92 Å². The molecule has 106 valence electrons. The van der Waals surface area contributed by atoms with Gasteiger partial charge in [-0.25, -0.2) is 4.98 Å². The van der Waals surface area contributed by atoms with E-state index in [1.807, 2.05) is 22.2 Å². The number of rotatable bonds is 4. The molecule has 0 aliphatic heterocycles. The monoisotopic (exact) mass is 393 g/mol. The quantitative estimate of drug-likeness (QED) is 0.477. The highest BCUT2D eigenvalue weighted by atomic mass is 127. The van der Waals surface area contributed by atoms with Crippen LogP contribution in [0, 0.1) is 0 Å². The summed E-state index contributed by atoms with van der Waals surface area (Å²) in [5.41, 5.74) is 1.02. The predicted molar refractivity (Wildman–Crippen MR) is 91.6 cm³/mol. The fourth-order valence-electron chi connectivity index (χ4n) is 1.57. The number of hydrogen-bond donors (Lipinski definition) is 2. The maximum absolute atomic E-state index is 4.51. The van der Waals surface area contributed by atoms with Crippen molar-refractivity contribution < 1.29 is 0 Å². The fraction of sp³-hybridized carbons (Fsp3) is 0.500. The SMILES string of the molecule is CCC(C)NC(=NC)NCc1cn2ccsc2n1.I. The number of imidazole rings is 1. The first-order valence-electron chi connectivity index (χ1n) is 6.11. The highest BCUT2D eigenvalue weighted by Crippen LogP contribution is 2.10. The summed E-state index contributed by atoms with van der Waals surface area (Å²) >= 11 is 1.64. The van der Waals surface area contributed by atoms with Crippen molar-refractivity contribution in [3.8, 4) is 0 Å². The molecule has 0 saturated heterocycles. The molecule has 2 aromatic rings. The van der Waals surface area contributed by atoms with Gasteiger partial charge in [0.05, 0.1) is 12.2 Å². The van der Waals surface area contributed by atoms with E-state index in [-0.39, 0.29) is 24.0 Å². The molecule has 0 fully saturated rings. The Bertz CT molecular complexity index is 504. The molecule has 1 atom stereocenters. The first-order chi connectivity index (χ1) is 8.72. The van der Waals surface area contributed by atoms with E-state index in [9.17, 15) is 0 Å². The van der Waals surface area contributed by atoms with Crippen molar-refractivity contribution >= 4 is 46.2 Å². The van der Waals surface area contributed by atoms with Crippen molar-refractivity contribution in [1.82, 2.24) is 20.0 Å². The summed E-state index contributed by atoms with van der Waals surface area (Å²) in [5, 5.41) is 8.62. The Labute approximate surface area is 134 Å². The average molecular weight is 393 g/mol. The van der Waals surface area contributed by atoms with E-state index in [0.717, 1.165) is 23.0 Å². The van der Waals surface area contributed by atoms with Crippen LogP contribution in [0.25, 0.3) is 4.96 Å². The summed E-state index contributed by atoms with van der Waals surface area (Å²) in [7, 11) is 1.78. The van der Waals surface area contributed by atoms with Crippen molar-refractivity contribution in [2.45, 2.75) is 32.9 Å². The molecule has 2 rings (SSSR count). The summed E-state index contributed by atoms with van der Waals surface area (Å²) in [4.78, 5) is 9.73. The summed E-state index contributed by atoms with van der Waals surface area (Å²) in [5.74, 6) is 0.820. The highest BCUT2D eigenvalue weighted by Gasteiger charge is 2.05. The van der Waals surface area contributed by atoms with Gasteiger partial charge in [0.15, 0.2) is 10.9 Å². The number of halogens is 1. The smallest absolute Gasteiger partial charge is 0.193 e. The molecule has 0 bridgehead atoms. The molecule has 5 nitrogen and oxygen atoms in total. The van der Waals surface area contributed by atoms with E-state index < -0.39 is 0 Å². The van der Waals surface area contributed by atoms with Crippen LogP contribution in [0.15, 0.2) is 22.8 Å². The van der Waals surface area contributed by atoms with Crippen LogP contribution >= 0.6 is 35.3 Å². The number of aromatic nitrogens is 2. The lowest BCUT2D eigenvalue weighted by atomic mass is 10.3. The molecule has 1 unspecified atom stereocenters. The summed E-state index contributed by atoms with van der Waals surface area (Å²) < 4.78 is 2.03. The zero-order valence-corrected chi connectivity index (χ0v) is 14.5. The Morgan fingerprint density at radius 2 is 2.37 bits per heavy atom. The minimum absolute atomic E-state index is 0. The van der Waals surface area contributed by atoms with Crippen LogP contribution < -0.4 is 10.6 Å². The molecule has 0 aromatic carbocycles. The van der Waals surface area contributed by atoms with Gasteiger partial charge in [0.2, 0.25) is 0 Å². The lowest BCUT2D eigenvalue weighted by Crippen LogP contribution is -2.41. The van der Waals surface area contributed by atoms with Gasteiger partial charge in [-0.2, -0.15) is 0 Å².